The van der Waals surface area contributed by atoms with Gasteiger partial charge in [-0.25, -0.2) is 13.4 Å². The lowest BCUT2D eigenvalue weighted by atomic mass is 10.1. The number of thiazole rings is 1. The van der Waals surface area contributed by atoms with Gasteiger partial charge in [-0.05, 0) is 37.1 Å². The molecule has 0 bridgehead atoms. The monoisotopic (exact) mass is 431 g/mol. The van der Waals surface area contributed by atoms with Crippen LogP contribution in [0.4, 0.5) is 10.8 Å². The number of nitrogens with one attached hydrogen (secondary N) is 2. The predicted molar refractivity (Wildman–Crippen MR) is 116 cm³/mol. The molecule has 2 aromatic carbocycles. The highest BCUT2D eigenvalue weighted by Gasteiger charge is 2.11. The van der Waals surface area contributed by atoms with Crippen molar-refractivity contribution >= 4 is 38.1 Å². The van der Waals surface area contributed by atoms with Gasteiger partial charge in [-0.15, -0.1) is 11.3 Å². The van der Waals surface area contributed by atoms with Crippen molar-refractivity contribution in [3.63, 3.8) is 0 Å². The van der Waals surface area contributed by atoms with Gasteiger partial charge in [-0.3, -0.25) is 14.8 Å². The first-order valence-corrected chi connectivity index (χ1v) is 11.5. The van der Waals surface area contributed by atoms with E-state index in [0.717, 1.165) is 22.9 Å². The molecule has 3 rings (SSSR count). The van der Waals surface area contributed by atoms with Gasteiger partial charge >= 0.3 is 0 Å². The van der Waals surface area contributed by atoms with Gasteiger partial charge in [0.1, 0.15) is 5.75 Å². The first kappa shape index (κ1) is 20.8. The second kappa shape index (κ2) is 8.62. The molecule has 0 unspecified atom stereocenters. The number of para-hydroxylation sites is 1. The Bertz CT molecular complexity index is 1100. The number of benzene rings is 2. The van der Waals surface area contributed by atoms with Gasteiger partial charge in [0.15, 0.2) is 11.7 Å². The van der Waals surface area contributed by atoms with Crippen LogP contribution < -0.4 is 14.8 Å². The Morgan fingerprint density at radius 2 is 1.76 bits per heavy atom. The van der Waals surface area contributed by atoms with Gasteiger partial charge in [0.2, 0.25) is 10.0 Å². The number of nitrogens with zero attached hydrogens (tertiary/aromatic N) is 1. The summed E-state index contributed by atoms with van der Waals surface area (Å²) in [7, 11) is -3.32. The number of hydrogen-bond acceptors (Lipinski definition) is 6. The maximum atomic E-state index is 12.2. The van der Waals surface area contributed by atoms with Crippen molar-refractivity contribution in [3.8, 4) is 17.0 Å². The smallest absolute Gasteiger partial charge is 0.264 e. The molecule has 9 heteroatoms. The number of aromatic nitrogens is 1. The van der Waals surface area contributed by atoms with Crippen LogP contribution in [0.3, 0.4) is 0 Å². The van der Waals surface area contributed by atoms with Crippen LogP contribution in [-0.2, 0) is 14.8 Å². The fourth-order valence-electron chi connectivity index (χ4n) is 2.71. The van der Waals surface area contributed by atoms with E-state index in [1.165, 1.54) is 11.3 Å². The Morgan fingerprint density at radius 3 is 2.38 bits per heavy atom. The van der Waals surface area contributed by atoms with Crippen LogP contribution in [0.15, 0.2) is 47.8 Å². The van der Waals surface area contributed by atoms with Crippen molar-refractivity contribution in [3.05, 3.63) is 59.0 Å². The number of anilines is 2. The Hall–Kier alpha value is -2.91. The zero-order chi connectivity index (χ0) is 21.0. The minimum absolute atomic E-state index is 0.105. The summed E-state index contributed by atoms with van der Waals surface area (Å²) >= 11 is 1.30. The topological polar surface area (TPSA) is 97.4 Å². The Labute approximate surface area is 173 Å². The average Bonchev–Trinajstić information content (AvgIpc) is 3.09. The number of carbonyl (C=O) groups is 1. The molecule has 0 aliphatic heterocycles. The highest BCUT2D eigenvalue weighted by molar-refractivity contribution is 7.92. The van der Waals surface area contributed by atoms with E-state index in [1.807, 2.05) is 37.4 Å². The number of rotatable bonds is 7. The van der Waals surface area contributed by atoms with Crippen molar-refractivity contribution in [2.24, 2.45) is 0 Å². The molecule has 0 saturated heterocycles. The molecule has 7 nitrogen and oxygen atoms in total. The second-order valence-electron chi connectivity index (χ2n) is 6.55. The van der Waals surface area contributed by atoms with E-state index in [4.69, 9.17) is 4.74 Å². The summed E-state index contributed by atoms with van der Waals surface area (Å²) in [5.41, 5.74) is 3.93. The van der Waals surface area contributed by atoms with Crippen molar-refractivity contribution in [2.45, 2.75) is 13.8 Å². The fraction of sp³-hybridized carbons (Fsp3) is 0.200. The van der Waals surface area contributed by atoms with E-state index in [1.54, 1.807) is 24.3 Å². The van der Waals surface area contributed by atoms with E-state index in [2.05, 4.69) is 15.0 Å². The van der Waals surface area contributed by atoms with Crippen LogP contribution in [0.5, 0.6) is 5.75 Å². The summed E-state index contributed by atoms with van der Waals surface area (Å²) in [6.45, 7) is 3.76. The first-order chi connectivity index (χ1) is 13.7. The van der Waals surface area contributed by atoms with Crippen LogP contribution in [0.25, 0.3) is 11.3 Å². The summed E-state index contributed by atoms with van der Waals surface area (Å²) in [5.74, 6) is 0.423. The Kier molecular flexibility index (Phi) is 6.19. The van der Waals surface area contributed by atoms with Crippen LogP contribution in [0.1, 0.15) is 11.1 Å². The minimum Gasteiger partial charge on any atom is -0.483 e. The Morgan fingerprint density at radius 1 is 1.10 bits per heavy atom. The highest BCUT2D eigenvalue weighted by Crippen LogP contribution is 2.26. The quantitative estimate of drug-likeness (QED) is 0.593. The van der Waals surface area contributed by atoms with Crippen molar-refractivity contribution in [2.75, 3.05) is 22.9 Å². The molecule has 0 fully saturated rings. The lowest BCUT2D eigenvalue weighted by Crippen LogP contribution is -2.20. The molecule has 3 aromatic rings. The molecule has 1 aromatic heterocycles. The summed E-state index contributed by atoms with van der Waals surface area (Å²) in [6, 6.07) is 12.7. The molecule has 1 amide bonds. The standard InChI is InChI=1S/C20H21N3O4S2/c1-13-5-4-6-14(2)19(13)27-11-18(24)22-20-21-17(12-28-20)15-7-9-16(10-8-15)23-29(3,25)26/h4-10,12,23H,11H2,1-3H3,(H,21,22,24). The van der Waals surface area contributed by atoms with Crippen LogP contribution >= 0.6 is 11.3 Å². The van der Waals surface area contributed by atoms with Crippen LogP contribution in [0.2, 0.25) is 0 Å². The molecule has 0 spiro atoms. The largest absolute Gasteiger partial charge is 0.483 e. The number of amides is 1. The van der Waals surface area contributed by atoms with Crippen molar-refractivity contribution in [1.29, 1.82) is 0 Å². The minimum atomic E-state index is -3.32. The molecule has 0 aliphatic carbocycles. The van der Waals surface area contributed by atoms with Gasteiger partial charge in [0, 0.05) is 16.6 Å². The molecular formula is C20H21N3O4S2. The van der Waals surface area contributed by atoms with Crippen molar-refractivity contribution in [1.82, 2.24) is 4.98 Å². The molecule has 0 radical (unpaired) electrons. The molecule has 2 N–H and O–H groups in total. The Balaban J connectivity index is 1.60. The summed E-state index contributed by atoms with van der Waals surface area (Å²) in [6.07, 6.45) is 1.10. The molecule has 1 heterocycles. The highest BCUT2D eigenvalue weighted by atomic mass is 32.2. The maximum Gasteiger partial charge on any atom is 0.264 e. The van der Waals surface area contributed by atoms with Crippen LogP contribution in [0, 0.1) is 13.8 Å². The number of carbonyl (C=O) groups excluding carboxylic acids is 1. The molecule has 0 saturated carbocycles. The molecular weight excluding hydrogens is 410 g/mol. The van der Waals surface area contributed by atoms with Gasteiger partial charge in [0.25, 0.3) is 5.91 Å². The number of aryl methyl sites for hydroxylation is 2. The maximum absolute atomic E-state index is 12.2. The molecule has 152 valence electrons. The van der Waals surface area contributed by atoms with Gasteiger partial charge in [-0.1, -0.05) is 30.3 Å². The summed E-state index contributed by atoms with van der Waals surface area (Å²) in [5, 5.41) is 5.02. The SMILES string of the molecule is Cc1cccc(C)c1OCC(=O)Nc1nc(-c2ccc(NS(C)(=O)=O)cc2)cs1. The average molecular weight is 432 g/mol. The van der Waals surface area contributed by atoms with Gasteiger partial charge in [0.05, 0.1) is 11.9 Å². The van der Waals surface area contributed by atoms with E-state index in [0.29, 0.717) is 22.3 Å². The van der Waals surface area contributed by atoms with Gasteiger partial charge in [-0.2, -0.15) is 0 Å². The van der Waals surface area contributed by atoms with Crippen LogP contribution in [-0.4, -0.2) is 32.2 Å². The molecule has 0 aliphatic rings. The molecule has 29 heavy (non-hydrogen) atoms. The second-order valence-corrected chi connectivity index (χ2v) is 9.15. The fourth-order valence-corrected chi connectivity index (χ4v) is 4.01. The third kappa shape index (κ3) is 5.78. The summed E-state index contributed by atoms with van der Waals surface area (Å²) in [4.78, 5) is 16.6. The number of hydrogen-bond donors (Lipinski definition) is 2. The number of sulfonamides is 1. The van der Waals surface area contributed by atoms with E-state index < -0.39 is 10.0 Å². The van der Waals surface area contributed by atoms with E-state index >= 15 is 0 Å². The third-order valence-electron chi connectivity index (χ3n) is 3.99. The molecule has 0 atom stereocenters. The van der Waals surface area contributed by atoms with E-state index in [-0.39, 0.29) is 12.5 Å². The lowest BCUT2D eigenvalue weighted by Gasteiger charge is -2.11. The zero-order valence-electron chi connectivity index (χ0n) is 16.2. The third-order valence-corrected chi connectivity index (χ3v) is 5.36. The predicted octanol–water partition coefficient (Wildman–Crippen LogP) is 3.82. The number of ether oxygens (including phenoxy) is 1. The van der Waals surface area contributed by atoms with Gasteiger partial charge < -0.3 is 4.74 Å². The van der Waals surface area contributed by atoms with E-state index in [9.17, 15) is 13.2 Å². The lowest BCUT2D eigenvalue weighted by molar-refractivity contribution is -0.118. The zero-order valence-corrected chi connectivity index (χ0v) is 17.9. The summed E-state index contributed by atoms with van der Waals surface area (Å²) < 4.78 is 30.6. The first-order valence-electron chi connectivity index (χ1n) is 8.74. The van der Waals surface area contributed by atoms with Crippen molar-refractivity contribution < 1.29 is 17.9 Å². The normalized spacial score (nSPS) is 11.1.